The molecule has 0 radical (unpaired) electrons. The summed E-state index contributed by atoms with van der Waals surface area (Å²) in [5, 5.41) is 5.01. The second-order valence-corrected chi connectivity index (χ2v) is 6.02. The minimum Gasteiger partial charge on any atom is -0.446 e. The van der Waals surface area contributed by atoms with Crippen molar-refractivity contribution in [2.75, 3.05) is 6.61 Å². The van der Waals surface area contributed by atoms with Crippen LogP contribution in [0.4, 0.5) is 0 Å². The van der Waals surface area contributed by atoms with Gasteiger partial charge >= 0.3 is 0 Å². The largest absolute Gasteiger partial charge is 0.446 e. The molecule has 1 saturated heterocycles. The van der Waals surface area contributed by atoms with Gasteiger partial charge in [0.2, 0.25) is 12.2 Å². The predicted molar refractivity (Wildman–Crippen MR) is 72.9 cm³/mol. The highest BCUT2D eigenvalue weighted by Crippen LogP contribution is 2.45. The van der Waals surface area contributed by atoms with Crippen molar-refractivity contribution in [3.05, 3.63) is 36.0 Å². The minimum atomic E-state index is -0.129. The molecule has 3 heterocycles. The van der Waals surface area contributed by atoms with E-state index in [-0.39, 0.29) is 6.29 Å². The van der Waals surface area contributed by atoms with Gasteiger partial charge in [-0.05, 0) is 25.5 Å². The van der Waals surface area contributed by atoms with E-state index in [4.69, 9.17) is 9.47 Å². The Bertz CT molecular complexity index is 611. The molecule has 1 fully saturated rings. The third kappa shape index (κ3) is 1.76. The van der Waals surface area contributed by atoms with Crippen molar-refractivity contribution >= 4 is 11.8 Å². The Morgan fingerprint density at radius 2 is 2.16 bits per heavy atom. The molecule has 4 nitrogen and oxygen atoms in total. The molecule has 2 unspecified atom stereocenters. The van der Waals surface area contributed by atoms with Crippen LogP contribution in [0.1, 0.15) is 12.1 Å². The van der Waals surface area contributed by atoms with E-state index in [9.17, 15) is 0 Å². The number of nitrogens with zero attached hydrogens (tertiary/aromatic N) is 2. The highest BCUT2D eigenvalue weighted by atomic mass is 32.2. The van der Waals surface area contributed by atoms with Gasteiger partial charge in [0, 0.05) is 0 Å². The van der Waals surface area contributed by atoms with Crippen molar-refractivity contribution in [1.82, 2.24) is 9.78 Å². The molecule has 2 aliphatic rings. The molecule has 0 amide bonds. The summed E-state index contributed by atoms with van der Waals surface area (Å²) in [6.45, 7) is 2.81. The van der Waals surface area contributed by atoms with Crippen LogP contribution in [0.2, 0.25) is 0 Å². The molecule has 98 valence electrons. The van der Waals surface area contributed by atoms with Gasteiger partial charge in [-0.1, -0.05) is 18.2 Å². The first kappa shape index (κ1) is 11.4. The van der Waals surface area contributed by atoms with Gasteiger partial charge in [-0.15, -0.1) is 11.8 Å². The second kappa shape index (κ2) is 4.28. The summed E-state index contributed by atoms with van der Waals surface area (Å²) in [6, 6.07) is 10.1. The van der Waals surface area contributed by atoms with Crippen LogP contribution in [0.15, 0.2) is 35.2 Å². The zero-order chi connectivity index (χ0) is 12.8. The lowest BCUT2D eigenvalue weighted by atomic mass is 10.3. The third-order valence-electron chi connectivity index (χ3n) is 3.45. The van der Waals surface area contributed by atoms with Gasteiger partial charge in [0.1, 0.15) is 0 Å². The monoisotopic (exact) mass is 274 g/mol. The molecule has 1 aromatic heterocycles. The molecule has 0 aliphatic carbocycles. The molecule has 0 N–H and O–H groups in total. The Morgan fingerprint density at radius 1 is 1.32 bits per heavy atom. The maximum absolute atomic E-state index is 6.02. The van der Waals surface area contributed by atoms with Crippen LogP contribution in [0, 0.1) is 6.92 Å². The summed E-state index contributed by atoms with van der Waals surface area (Å²) in [7, 11) is 0. The molecule has 2 atom stereocenters. The van der Waals surface area contributed by atoms with Gasteiger partial charge in [0.05, 0.1) is 28.1 Å². The smallest absolute Gasteiger partial charge is 0.233 e. The van der Waals surface area contributed by atoms with Gasteiger partial charge in [-0.2, -0.15) is 9.78 Å². The summed E-state index contributed by atoms with van der Waals surface area (Å²) in [5.74, 6) is 0.817. The topological polar surface area (TPSA) is 36.3 Å². The van der Waals surface area contributed by atoms with E-state index < -0.39 is 0 Å². The van der Waals surface area contributed by atoms with Gasteiger partial charge < -0.3 is 9.47 Å². The first-order valence-electron chi connectivity index (χ1n) is 6.43. The number of benzene rings is 1. The van der Waals surface area contributed by atoms with E-state index in [0.717, 1.165) is 35.2 Å². The SMILES string of the molecule is Cc1nn(-c2ccccc2)c2c1SC1CCOC1O2. The molecule has 5 heteroatoms. The minimum absolute atomic E-state index is 0.129. The predicted octanol–water partition coefficient (Wildman–Crippen LogP) is 2.78. The average Bonchev–Trinajstić information content (AvgIpc) is 3.02. The molecule has 2 aromatic rings. The number of hydrogen-bond donors (Lipinski definition) is 0. The first-order chi connectivity index (χ1) is 9.33. The Hall–Kier alpha value is -1.46. The van der Waals surface area contributed by atoms with Crippen molar-refractivity contribution < 1.29 is 9.47 Å². The summed E-state index contributed by atoms with van der Waals surface area (Å²) in [4.78, 5) is 1.15. The fraction of sp³-hybridized carbons (Fsp3) is 0.357. The number of fused-ring (bicyclic) bond motifs is 2. The molecule has 4 rings (SSSR count). The van der Waals surface area contributed by atoms with Crippen molar-refractivity contribution in [2.45, 2.75) is 29.8 Å². The quantitative estimate of drug-likeness (QED) is 0.801. The van der Waals surface area contributed by atoms with Crippen molar-refractivity contribution in [1.29, 1.82) is 0 Å². The first-order valence-corrected chi connectivity index (χ1v) is 7.31. The number of hydrogen-bond acceptors (Lipinski definition) is 4. The molecule has 0 spiro atoms. The van der Waals surface area contributed by atoms with Crippen LogP contribution in [0.5, 0.6) is 5.88 Å². The maximum atomic E-state index is 6.02. The van der Waals surface area contributed by atoms with Crippen LogP contribution in [0.3, 0.4) is 0 Å². The van der Waals surface area contributed by atoms with Crippen LogP contribution in [-0.2, 0) is 4.74 Å². The standard InChI is InChI=1S/C14H14N2O2S/c1-9-12-13(18-14-11(19-12)7-8-17-14)16(15-9)10-5-3-2-4-6-10/h2-6,11,14H,7-8H2,1H3. The van der Waals surface area contributed by atoms with E-state index in [1.807, 2.05) is 53.7 Å². The molecule has 1 aromatic carbocycles. The Balaban J connectivity index is 1.81. The summed E-state index contributed by atoms with van der Waals surface area (Å²) >= 11 is 1.84. The lowest BCUT2D eigenvalue weighted by Gasteiger charge is -2.25. The maximum Gasteiger partial charge on any atom is 0.233 e. The fourth-order valence-corrected chi connectivity index (χ4v) is 3.71. The van der Waals surface area contributed by atoms with E-state index in [1.54, 1.807) is 0 Å². The van der Waals surface area contributed by atoms with Crippen molar-refractivity contribution in [3.8, 4) is 11.6 Å². The zero-order valence-electron chi connectivity index (χ0n) is 10.6. The number of para-hydroxylation sites is 1. The van der Waals surface area contributed by atoms with E-state index >= 15 is 0 Å². The Labute approximate surface area is 115 Å². The normalized spacial score (nSPS) is 24.7. The molecule has 2 aliphatic heterocycles. The third-order valence-corrected chi connectivity index (χ3v) is 4.92. The molecule has 0 saturated carbocycles. The van der Waals surface area contributed by atoms with Gasteiger partial charge in [0.25, 0.3) is 0 Å². The highest BCUT2D eigenvalue weighted by Gasteiger charge is 2.39. The number of rotatable bonds is 1. The molecular weight excluding hydrogens is 260 g/mol. The zero-order valence-corrected chi connectivity index (χ0v) is 11.4. The summed E-state index contributed by atoms with van der Waals surface area (Å²) < 4.78 is 13.5. The van der Waals surface area contributed by atoms with E-state index in [2.05, 4.69) is 5.10 Å². The lowest BCUT2D eigenvalue weighted by molar-refractivity contribution is -0.0443. The molecule has 0 bridgehead atoms. The lowest BCUT2D eigenvalue weighted by Crippen LogP contribution is -2.29. The van der Waals surface area contributed by atoms with E-state index in [0.29, 0.717) is 5.25 Å². The van der Waals surface area contributed by atoms with E-state index in [1.165, 1.54) is 0 Å². The van der Waals surface area contributed by atoms with Crippen molar-refractivity contribution in [3.63, 3.8) is 0 Å². The van der Waals surface area contributed by atoms with Gasteiger partial charge in [0.15, 0.2) is 0 Å². The molecular formula is C14H14N2O2S. The number of thioether (sulfide) groups is 1. The van der Waals surface area contributed by atoms with Gasteiger partial charge in [-0.25, -0.2) is 0 Å². The van der Waals surface area contributed by atoms with Crippen LogP contribution in [-0.4, -0.2) is 27.9 Å². The number of aryl methyl sites for hydroxylation is 1. The van der Waals surface area contributed by atoms with Crippen LogP contribution in [0.25, 0.3) is 5.69 Å². The number of aromatic nitrogens is 2. The Morgan fingerprint density at radius 3 is 3.00 bits per heavy atom. The van der Waals surface area contributed by atoms with Crippen LogP contribution < -0.4 is 4.74 Å². The van der Waals surface area contributed by atoms with Crippen LogP contribution >= 0.6 is 11.8 Å². The molecule has 19 heavy (non-hydrogen) atoms. The Kier molecular flexibility index (Phi) is 2.56. The average molecular weight is 274 g/mol. The highest BCUT2D eigenvalue weighted by molar-refractivity contribution is 8.00. The van der Waals surface area contributed by atoms with Gasteiger partial charge in [-0.3, -0.25) is 0 Å². The fourth-order valence-electron chi connectivity index (χ4n) is 2.50. The summed E-state index contributed by atoms with van der Waals surface area (Å²) in [5.41, 5.74) is 2.04. The van der Waals surface area contributed by atoms with Crippen molar-refractivity contribution in [2.24, 2.45) is 0 Å². The second-order valence-electron chi connectivity index (χ2n) is 4.77. The summed E-state index contributed by atoms with van der Waals surface area (Å²) in [6.07, 6.45) is 0.918. The number of ether oxygens (including phenoxy) is 2.